The van der Waals surface area contributed by atoms with Crippen molar-refractivity contribution in [2.24, 2.45) is 0 Å². The summed E-state index contributed by atoms with van der Waals surface area (Å²) in [6.07, 6.45) is 1.81. The van der Waals surface area contributed by atoms with Crippen LogP contribution in [-0.2, 0) is 16.0 Å². The van der Waals surface area contributed by atoms with Gasteiger partial charge in [0.2, 0.25) is 17.7 Å². The van der Waals surface area contributed by atoms with E-state index in [1.165, 1.54) is 0 Å². The van der Waals surface area contributed by atoms with E-state index in [2.05, 4.69) is 4.98 Å². The van der Waals surface area contributed by atoms with E-state index in [-0.39, 0.29) is 24.3 Å². The van der Waals surface area contributed by atoms with E-state index in [9.17, 15) is 9.59 Å². The van der Waals surface area contributed by atoms with Gasteiger partial charge in [-0.3, -0.25) is 9.59 Å². The van der Waals surface area contributed by atoms with Crippen LogP contribution in [0.4, 0.5) is 0 Å². The number of hydrogen-bond acceptors (Lipinski definition) is 6. The number of aromatic nitrogens is 1. The first-order valence-corrected chi connectivity index (χ1v) is 11.4. The molecular weight excluding hydrogens is 382 g/mol. The molecule has 2 aliphatic heterocycles. The molecule has 6 nitrogen and oxygen atoms in total. The largest absolute Gasteiger partial charge is 0.441 e. The zero-order valence-electron chi connectivity index (χ0n) is 15.3. The number of amides is 2. The molecule has 2 saturated heterocycles. The van der Waals surface area contributed by atoms with Gasteiger partial charge >= 0.3 is 0 Å². The van der Waals surface area contributed by atoms with Crippen molar-refractivity contribution in [3.05, 3.63) is 28.3 Å². The van der Waals surface area contributed by atoms with E-state index >= 15 is 0 Å². The third-order valence-electron chi connectivity index (χ3n) is 5.16. The van der Waals surface area contributed by atoms with Gasteiger partial charge in [0.05, 0.1) is 12.1 Å². The average molecular weight is 406 g/mol. The Labute approximate surface area is 166 Å². The summed E-state index contributed by atoms with van der Waals surface area (Å²) in [6.45, 7) is 4.05. The van der Waals surface area contributed by atoms with Crippen molar-refractivity contribution < 1.29 is 14.0 Å². The van der Waals surface area contributed by atoms with Crippen LogP contribution in [0.15, 0.2) is 21.2 Å². The van der Waals surface area contributed by atoms with E-state index < -0.39 is 0 Å². The number of thiophene rings is 1. The Hall–Kier alpha value is -1.80. The number of aryl methyl sites for hydroxylation is 1. The lowest BCUT2D eigenvalue weighted by Crippen LogP contribution is -2.50. The molecule has 8 heteroatoms. The van der Waals surface area contributed by atoms with Gasteiger partial charge in [0.15, 0.2) is 0 Å². The fourth-order valence-electron chi connectivity index (χ4n) is 3.66. The Morgan fingerprint density at radius 2 is 2.11 bits per heavy atom. The predicted octanol–water partition coefficient (Wildman–Crippen LogP) is 2.82. The number of nitrogens with zero attached hydrogens (tertiary/aromatic N) is 3. The Bertz CT molecular complexity index is 812. The van der Waals surface area contributed by atoms with Crippen LogP contribution in [0.1, 0.15) is 24.3 Å². The summed E-state index contributed by atoms with van der Waals surface area (Å²) < 4.78 is 5.74. The summed E-state index contributed by atoms with van der Waals surface area (Å²) in [5.41, 5.74) is 1.59. The molecule has 0 N–H and O–H groups in total. The molecule has 0 radical (unpaired) electrons. The highest BCUT2D eigenvalue weighted by molar-refractivity contribution is 7.99. The minimum atomic E-state index is -0.316. The first-order valence-electron chi connectivity index (χ1n) is 9.28. The third-order valence-corrected chi connectivity index (χ3v) is 6.79. The van der Waals surface area contributed by atoms with Crippen LogP contribution < -0.4 is 0 Å². The van der Waals surface area contributed by atoms with E-state index in [0.717, 1.165) is 43.0 Å². The van der Waals surface area contributed by atoms with Gasteiger partial charge in [-0.05, 0) is 31.2 Å². The molecule has 2 fully saturated rings. The Balaban J connectivity index is 1.45. The minimum absolute atomic E-state index is 0.0366. The number of rotatable bonds is 4. The molecule has 4 rings (SSSR count). The SMILES string of the molecule is Cc1oc(-c2ccsc2)nc1CC(=O)N1CCCC1C(=O)N1CCSCC1. The molecule has 2 aliphatic rings. The molecule has 2 aromatic heterocycles. The second-order valence-corrected chi connectivity index (χ2v) is 8.90. The first kappa shape index (κ1) is 18.6. The van der Waals surface area contributed by atoms with E-state index in [1.54, 1.807) is 16.2 Å². The highest BCUT2D eigenvalue weighted by Crippen LogP contribution is 2.26. The summed E-state index contributed by atoms with van der Waals surface area (Å²) in [4.78, 5) is 34.0. The number of likely N-dealkylation sites (tertiary alicyclic amines) is 1. The highest BCUT2D eigenvalue weighted by atomic mass is 32.2. The zero-order valence-corrected chi connectivity index (χ0v) is 17.0. The maximum absolute atomic E-state index is 12.9. The number of thioether (sulfide) groups is 1. The van der Waals surface area contributed by atoms with Gasteiger partial charge in [0.1, 0.15) is 11.8 Å². The molecule has 1 unspecified atom stereocenters. The molecule has 27 heavy (non-hydrogen) atoms. The maximum atomic E-state index is 12.9. The smallest absolute Gasteiger partial charge is 0.245 e. The lowest BCUT2D eigenvalue weighted by molar-refractivity contribution is -0.143. The molecule has 1 atom stereocenters. The van der Waals surface area contributed by atoms with Crippen molar-refractivity contribution in [1.29, 1.82) is 0 Å². The van der Waals surface area contributed by atoms with Gasteiger partial charge in [-0.2, -0.15) is 23.1 Å². The molecular formula is C19H23N3O3S2. The Morgan fingerprint density at radius 1 is 1.30 bits per heavy atom. The molecule has 0 aliphatic carbocycles. The minimum Gasteiger partial charge on any atom is -0.441 e. The summed E-state index contributed by atoms with van der Waals surface area (Å²) in [5.74, 6) is 3.25. The molecule has 0 aromatic carbocycles. The first-order chi connectivity index (χ1) is 13.1. The van der Waals surface area contributed by atoms with Crippen LogP contribution in [0.3, 0.4) is 0 Å². The van der Waals surface area contributed by atoms with Gasteiger partial charge in [-0.15, -0.1) is 0 Å². The number of oxazole rings is 1. The van der Waals surface area contributed by atoms with Gasteiger partial charge < -0.3 is 14.2 Å². The second-order valence-electron chi connectivity index (χ2n) is 6.89. The van der Waals surface area contributed by atoms with Crippen molar-refractivity contribution in [2.45, 2.75) is 32.2 Å². The molecule has 0 spiro atoms. The second kappa shape index (κ2) is 8.06. The summed E-state index contributed by atoms with van der Waals surface area (Å²) in [5, 5.41) is 3.95. The van der Waals surface area contributed by atoms with Crippen molar-refractivity contribution in [1.82, 2.24) is 14.8 Å². The monoisotopic (exact) mass is 405 g/mol. The lowest BCUT2D eigenvalue weighted by Gasteiger charge is -2.32. The third kappa shape index (κ3) is 3.91. The van der Waals surface area contributed by atoms with E-state index in [1.807, 2.05) is 40.4 Å². The summed E-state index contributed by atoms with van der Waals surface area (Å²) in [6, 6.07) is 1.64. The van der Waals surface area contributed by atoms with Crippen LogP contribution in [0.2, 0.25) is 0 Å². The van der Waals surface area contributed by atoms with Crippen LogP contribution in [0, 0.1) is 6.92 Å². The van der Waals surface area contributed by atoms with Gasteiger partial charge in [0, 0.05) is 42.1 Å². The predicted molar refractivity (Wildman–Crippen MR) is 107 cm³/mol. The number of carbonyl (C=O) groups excluding carboxylic acids is 2. The van der Waals surface area contributed by atoms with Crippen molar-refractivity contribution in [3.8, 4) is 11.5 Å². The summed E-state index contributed by atoms with van der Waals surface area (Å²) >= 11 is 3.46. The van der Waals surface area contributed by atoms with E-state index in [4.69, 9.17) is 4.42 Å². The average Bonchev–Trinajstić information content (AvgIpc) is 3.43. The van der Waals surface area contributed by atoms with Gasteiger partial charge in [-0.1, -0.05) is 0 Å². The van der Waals surface area contributed by atoms with Gasteiger partial charge in [0.25, 0.3) is 0 Å². The number of carbonyl (C=O) groups is 2. The van der Waals surface area contributed by atoms with Crippen molar-refractivity contribution in [2.75, 3.05) is 31.1 Å². The molecule has 2 aromatic rings. The highest BCUT2D eigenvalue weighted by Gasteiger charge is 2.37. The van der Waals surface area contributed by atoms with Crippen molar-refractivity contribution >= 4 is 34.9 Å². The fourth-order valence-corrected chi connectivity index (χ4v) is 5.20. The Morgan fingerprint density at radius 3 is 2.85 bits per heavy atom. The van der Waals surface area contributed by atoms with Gasteiger partial charge in [-0.25, -0.2) is 4.98 Å². The topological polar surface area (TPSA) is 66.7 Å². The molecule has 4 heterocycles. The summed E-state index contributed by atoms with van der Waals surface area (Å²) in [7, 11) is 0. The van der Waals surface area contributed by atoms with Crippen LogP contribution >= 0.6 is 23.1 Å². The standard InChI is InChI=1S/C19H23N3O3S2/c1-13-15(20-18(25-13)14-4-8-27-12-14)11-17(23)22-5-2-3-16(22)19(24)21-6-9-26-10-7-21/h4,8,12,16H,2-3,5-7,9-11H2,1H3. The zero-order chi connectivity index (χ0) is 18.8. The maximum Gasteiger partial charge on any atom is 0.245 e. The Kier molecular flexibility index (Phi) is 5.54. The van der Waals surface area contributed by atoms with Crippen LogP contribution in [-0.4, -0.2) is 63.8 Å². The quantitative estimate of drug-likeness (QED) is 0.783. The normalized spacial score (nSPS) is 20.3. The van der Waals surface area contributed by atoms with E-state index in [0.29, 0.717) is 23.9 Å². The van der Waals surface area contributed by atoms with Crippen LogP contribution in [0.25, 0.3) is 11.5 Å². The molecule has 0 bridgehead atoms. The van der Waals surface area contributed by atoms with Crippen LogP contribution in [0.5, 0.6) is 0 Å². The molecule has 144 valence electrons. The number of hydrogen-bond donors (Lipinski definition) is 0. The fraction of sp³-hybridized carbons (Fsp3) is 0.526. The molecule has 2 amide bonds. The lowest BCUT2D eigenvalue weighted by atomic mass is 10.1. The van der Waals surface area contributed by atoms with Crippen molar-refractivity contribution in [3.63, 3.8) is 0 Å². The molecule has 0 saturated carbocycles.